The number of hydrogen-bond acceptors (Lipinski definition) is 3. The van der Waals surface area contributed by atoms with Gasteiger partial charge in [0.15, 0.2) is 0 Å². The average molecular weight is 315 g/mol. The second-order valence-electron chi connectivity index (χ2n) is 7.43. The Bertz CT molecular complexity index is 267. The topological polar surface area (TPSA) is 53.0 Å². The average Bonchev–Trinajstić information content (AvgIpc) is 3.26. The molecule has 1 aliphatic rings. The minimum absolute atomic E-state index is 0.117. The molecular weight excluding hydrogens is 276 g/mol. The smallest absolute Gasteiger partial charge is 0.113 e. The molecule has 1 rings (SSSR count). The van der Waals surface area contributed by atoms with Gasteiger partial charge in [-0.05, 0) is 18.8 Å². The zero-order chi connectivity index (χ0) is 16.4. The predicted octanol–water partition coefficient (Wildman–Crippen LogP) is 4.44. The van der Waals surface area contributed by atoms with Gasteiger partial charge in [0.1, 0.15) is 12.2 Å². The summed E-state index contributed by atoms with van der Waals surface area (Å²) in [5.74, 6) is 0.686. The van der Waals surface area contributed by atoms with E-state index in [1.807, 2.05) is 0 Å². The summed E-state index contributed by atoms with van der Waals surface area (Å²) in [6.45, 7) is 6.64. The van der Waals surface area contributed by atoms with E-state index in [2.05, 4.69) is 20.8 Å². The summed E-state index contributed by atoms with van der Waals surface area (Å²) >= 11 is 0. The third-order valence-corrected chi connectivity index (χ3v) is 4.70. The number of unbranched alkanes of at least 4 members (excludes halogenated alkanes) is 6. The van der Waals surface area contributed by atoms with Gasteiger partial charge in [0.05, 0.1) is 12.2 Å². The van der Waals surface area contributed by atoms with Crippen molar-refractivity contribution in [3.63, 3.8) is 0 Å². The first-order chi connectivity index (χ1) is 10.6. The Morgan fingerprint density at radius 1 is 0.727 bits per heavy atom. The first kappa shape index (κ1) is 19.9. The van der Waals surface area contributed by atoms with Gasteiger partial charge in [-0.2, -0.15) is 0 Å². The highest BCUT2D eigenvalue weighted by atomic mass is 16.6. The summed E-state index contributed by atoms with van der Waals surface area (Å²) in [6, 6.07) is 0. The summed E-state index contributed by atoms with van der Waals surface area (Å²) in [5, 5.41) is 20.2. The summed E-state index contributed by atoms with van der Waals surface area (Å²) in [4.78, 5) is 0. The Labute approximate surface area is 137 Å². The molecule has 0 bridgehead atoms. The van der Waals surface area contributed by atoms with Gasteiger partial charge >= 0.3 is 0 Å². The molecule has 3 heteroatoms. The summed E-state index contributed by atoms with van der Waals surface area (Å²) < 4.78 is 5.51. The van der Waals surface area contributed by atoms with Gasteiger partial charge in [0.2, 0.25) is 0 Å². The summed E-state index contributed by atoms with van der Waals surface area (Å²) in [5.41, 5.74) is 0. The van der Waals surface area contributed by atoms with Crippen LogP contribution in [0.15, 0.2) is 0 Å². The molecule has 0 aromatic carbocycles. The van der Waals surface area contributed by atoms with Crippen LogP contribution >= 0.6 is 0 Å². The van der Waals surface area contributed by atoms with Crippen molar-refractivity contribution in [1.29, 1.82) is 0 Å². The number of ether oxygens (including phenoxy) is 1. The number of hydrogen-bond donors (Lipinski definition) is 2. The molecule has 0 aromatic rings. The van der Waals surface area contributed by atoms with Gasteiger partial charge in [-0.1, -0.05) is 78.6 Å². The fourth-order valence-corrected chi connectivity index (χ4v) is 3.13. The van der Waals surface area contributed by atoms with Crippen LogP contribution in [-0.2, 0) is 4.74 Å². The number of aliphatic hydroxyl groups is 2. The molecule has 4 atom stereocenters. The van der Waals surface area contributed by atoms with Crippen LogP contribution in [0.4, 0.5) is 0 Å². The Balaban J connectivity index is 1.99. The molecule has 1 heterocycles. The molecule has 132 valence electrons. The van der Waals surface area contributed by atoms with Gasteiger partial charge < -0.3 is 14.9 Å². The van der Waals surface area contributed by atoms with E-state index in [1.54, 1.807) is 0 Å². The van der Waals surface area contributed by atoms with Crippen molar-refractivity contribution in [2.75, 3.05) is 0 Å². The zero-order valence-electron chi connectivity index (χ0n) is 15.0. The highest BCUT2D eigenvalue weighted by Crippen LogP contribution is 2.32. The third-order valence-electron chi connectivity index (χ3n) is 4.70. The first-order valence-corrected chi connectivity index (χ1v) is 9.57. The molecule has 0 aromatic heterocycles. The van der Waals surface area contributed by atoms with Crippen LogP contribution in [-0.4, -0.2) is 34.6 Å². The normalized spacial score (nSPS) is 23.7. The lowest BCUT2D eigenvalue weighted by molar-refractivity contribution is 0.120. The van der Waals surface area contributed by atoms with Gasteiger partial charge in [0, 0.05) is 0 Å². The number of epoxide rings is 1. The van der Waals surface area contributed by atoms with E-state index in [9.17, 15) is 10.2 Å². The lowest BCUT2D eigenvalue weighted by Gasteiger charge is -2.11. The van der Waals surface area contributed by atoms with Crippen LogP contribution in [0.25, 0.3) is 0 Å². The Hall–Kier alpha value is -0.120. The minimum Gasteiger partial charge on any atom is -0.390 e. The van der Waals surface area contributed by atoms with Crippen molar-refractivity contribution in [3.05, 3.63) is 0 Å². The standard InChI is InChI=1S/C19H38O3/c1-4-5-6-7-8-9-10-13-16(20)18-19(22-18)17(21)14-11-12-15(2)3/h15-21H,4-14H2,1-3H3/t16-,17-,18-,19+/m0/s1. The lowest BCUT2D eigenvalue weighted by Crippen LogP contribution is -2.24. The van der Waals surface area contributed by atoms with Gasteiger partial charge in [-0.3, -0.25) is 0 Å². The van der Waals surface area contributed by atoms with Crippen molar-refractivity contribution in [2.45, 2.75) is 116 Å². The maximum Gasteiger partial charge on any atom is 0.113 e. The Kier molecular flexibility index (Phi) is 10.3. The second-order valence-corrected chi connectivity index (χ2v) is 7.43. The van der Waals surface area contributed by atoms with E-state index in [0.29, 0.717) is 5.92 Å². The monoisotopic (exact) mass is 314 g/mol. The highest BCUT2D eigenvalue weighted by molar-refractivity contribution is 4.95. The quantitative estimate of drug-likeness (QED) is 0.368. The van der Waals surface area contributed by atoms with Crippen molar-refractivity contribution >= 4 is 0 Å². The molecule has 0 unspecified atom stereocenters. The minimum atomic E-state index is -0.396. The van der Waals surface area contributed by atoms with Crippen LogP contribution in [0.5, 0.6) is 0 Å². The zero-order valence-corrected chi connectivity index (χ0v) is 15.0. The van der Waals surface area contributed by atoms with Crippen molar-refractivity contribution in [2.24, 2.45) is 5.92 Å². The largest absolute Gasteiger partial charge is 0.390 e. The van der Waals surface area contributed by atoms with Crippen molar-refractivity contribution < 1.29 is 14.9 Å². The van der Waals surface area contributed by atoms with Gasteiger partial charge in [-0.25, -0.2) is 0 Å². The molecule has 0 amide bonds. The lowest BCUT2D eigenvalue weighted by atomic mass is 9.99. The number of aliphatic hydroxyl groups excluding tert-OH is 2. The van der Waals surface area contributed by atoms with Crippen molar-refractivity contribution in [1.82, 2.24) is 0 Å². The fourth-order valence-electron chi connectivity index (χ4n) is 3.13. The molecule has 0 radical (unpaired) electrons. The van der Waals surface area contributed by atoms with Crippen LogP contribution < -0.4 is 0 Å². The van der Waals surface area contributed by atoms with Gasteiger partial charge in [0.25, 0.3) is 0 Å². The third kappa shape index (κ3) is 8.50. The Morgan fingerprint density at radius 3 is 1.77 bits per heavy atom. The fraction of sp³-hybridized carbons (Fsp3) is 1.00. The van der Waals surface area contributed by atoms with Crippen LogP contribution in [0.2, 0.25) is 0 Å². The molecule has 22 heavy (non-hydrogen) atoms. The molecule has 1 aliphatic heterocycles. The van der Waals surface area contributed by atoms with Crippen LogP contribution in [0.1, 0.15) is 91.4 Å². The summed E-state index contributed by atoms with van der Waals surface area (Å²) in [6.07, 6.45) is 11.6. The van der Waals surface area contributed by atoms with Crippen LogP contribution in [0, 0.1) is 5.92 Å². The molecule has 3 nitrogen and oxygen atoms in total. The molecule has 0 saturated carbocycles. The predicted molar refractivity (Wildman–Crippen MR) is 92.0 cm³/mol. The SMILES string of the molecule is CCCCCCCCC[C@H](O)[C@@H]1O[C@@H]1[C@@H](O)CCCC(C)C. The van der Waals surface area contributed by atoms with E-state index < -0.39 is 6.10 Å². The molecular formula is C19H38O3. The highest BCUT2D eigenvalue weighted by Gasteiger charge is 2.48. The maximum atomic E-state index is 10.1. The van der Waals surface area contributed by atoms with E-state index in [0.717, 1.165) is 32.1 Å². The Morgan fingerprint density at radius 2 is 1.23 bits per heavy atom. The van der Waals surface area contributed by atoms with Gasteiger partial charge in [-0.15, -0.1) is 0 Å². The summed E-state index contributed by atoms with van der Waals surface area (Å²) in [7, 11) is 0. The van der Waals surface area contributed by atoms with Crippen LogP contribution in [0.3, 0.4) is 0 Å². The van der Waals surface area contributed by atoms with E-state index >= 15 is 0 Å². The van der Waals surface area contributed by atoms with E-state index in [1.165, 1.54) is 38.5 Å². The molecule has 0 spiro atoms. The number of rotatable bonds is 14. The second kappa shape index (κ2) is 11.4. The van der Waals surface area contributed by atoms with E-state index in [4.69, 9.17) is 4.74 Å². The van der Waals surface area contributed by atoms with Crippen molar-refractivity contribution in [3.8, 4) is 0 Å². The van der Waals surface area contributed by atoms with E-state index in [-0.39, 0.29) is 18.3 Å². The molecule has 0 aliphatic carbocycles. The molecule has 1 fully saturated rings. The molecule has 1 saturated heterocycles. The molecule has 2 N–H and O–H groups in total. The first-order valence-electron chi connectivity index (χ1n) is 9.57. The maximum absolute atomic E-state index is 10.1.